The first-order valence-electron chi connectivity index (χ1n) is 4.83. The van der Waals surface area contributed by atoms with Crippen LogP contribution >= 0.6 is 23.2 Å². The molecule has 0 radical (unpaired) electrons. The summed E-state index contributed by atoms with van der Waals surface area (Å²) in [6.45, 7) is 3.80. The van der Waals surface area contributed by atoms with Gasteiger partial charge in [-0.1, -0.05) is 23.2 Å². The van der Waals surface area contributed by atoms with Gasteiger partial charge in [-0.3, -0.25) is 0 Å². The van der Waals surface area contributed by atoms with Gasteiger partial charge in [0.1, 0.15) is 5.75 Å². The van der Waals surface area contributed by atoms with Crippen LogP contribution in [-0.2, 0) is 0 Å². The van der Waals surface area contributed by atoms with Crippen LogP contribution in [0.1, 0.15) is 13.8 Å². The zero-order valence-electron chi connectivity index (χ0n) is 9.47. The minimum absolute atomic E-state index is 0.384. The molecule has 0 aliphatic heterocycles. The molecular formula is C11H15Cl2NO2. The lowest BCUT2D eigenvalue weighted by atomic mass is 10.1. The molecular weight excluding hydrogens is 249 g/mol. The molecule has 0 heterocycles. The van der Waals surface area contributed by atoms with Crippen LogP contribution in [-0.4, -0.2) is 24.4 Å². The van der Waals surface area contributed by atoms with Gasteiger partial charge in [-0.25, -0.2) is 0 Å². The van der Waals surface area contributed by atoms with E-state index in [1.165, 1.54) is 7.11 Å². The quantitative estimate of drug-likeness (QED) is 0.877. The number of benzene rings is 1. The summed E-state index contributed by atoms with van der Waals surface area (Å²) in [4.78, 5) is 0. The molecule has 90 valence electrons. The molecule has 16 heavy (non-hydrogen) atoms. The number of anilines is 1. The minimum atomic E-state index is -0.810. The second kappa shape index (κ2) is 5.13. The lowest BCUT2D eigenvalue weighted by Gasteiger charge is -2.19. The number of ether oxygens (including phenoxy) is 1. The van der Waals surface area contributed by atoms with E-state index < -0.39 is 5.60 Å². The van der Waals surface area contributed by atoms with E-state index in [0.717, 1.165) is 0 Å². The average Bonchev–Trinajstić information content (AvgIpc) is 2.17. The number of aliphatic hydroxyl groups is 1. The topological polar surface area (TPSA) is 41.5 Å². The van der Waals surface area contributed by atoms with E-state index >= 15 is 0 Å². The normalized spacial score (nSPS) is 11.4. The summed E-state index contributed by atoms with van der Waals surface area (Å²) in [5, 5.41) is 13.6. The number of nitrogens with one attached hydrogen (secondary N) is 1. The Morgan fingerprint density at radius 1 is 1.31 bits per heavy atom. The second-order valence-corrected chi connectivity index (χ2v) is 4.95. The van der Waals surface area contributed by atoms with Crippen molar-refractivity contribution in [2.45, 2.75) is 19.4 Å². The maximum absolute atomic E-state index is 9.58. The third kappa shape index (κ3) is 3.74. The Hall–Kier alpha value is -0.640. The molecule has 0 aliphatic carbocycles. The van der Waals surface area contributed by atoms with Crippen molar-refractivity contribution in [3.63, 3.8) is 0 Å². The summed E-state index contributed by atoms with van der Waals surface area (Å²) < 4.78 is 5.03. The summed E-state index contributed by atoms with van der Waals surface area (Å²) in [6, 6.07) is 3.31. The van der Waals surface area contributed by atoms with Gasteiger partial charge in [-0.05, 0) is 19.9 Å². The lowest BCUT2D eigenvalue weighted by molar-refractivity contribution is 0.0945. The van der Waals surface area contributed by atoms with E-state index in [9.17, 15) is 5.11 Å². The van der Waals surface area contributed by atoms with Gasteiger partial charge >= 0.3 is 0 Å². The summed E-state index contributed by atoms with van der Waals surface area (Å²) in [6.07, 6.45) is 0. The monoisotopic (exact) mass is 263 g/mol. The van der Waals surface area contributed by atoms with Crippen molar-refractivity contribution in [3.8, 4) is 5.75 Å². The molecule has 5 heteroatoms. The molecule has 0 aromatic heterocycles. The Balaban J connectivity index is 2.86. The fourth-order valence-electron chi connectivity index (χ4n) is 1.13. The highest BCUT2D eigenvalue weighted by Gasteiger charge is 2.14. The Morgan fingerprint density at radius 3 is 2.44 bits per heavy atom. The van der Waals surface area contributed by atoms with Gasteiger partial charge < -0.3 is 15.2 Å². The van der Waals surface area contributed by atoms with Gasteiger partial charge in [0.2, 0.25) is 0 Å². The van der Waals surface area contributed by atoms with Crippen molar-refractivity contribution in [1.29, 1.82) is 0 Å². The molecule has 0 aliphatic rings. The van der Waals surface area contributed by atoms with Gasteiger partial charge in [0.15, 0.2) is 0 Å². The van der Waals surface area contributed by atoms with Crippen LogP contribution < -0.4 is 10.1 Å². The highest BCUT2D eigenvalue weighted by atomic mass is 35.5. The molecule has 0 unspecified atom stereocenters. The highest BCUT2D eigenvalue weighted by Crippen LogP contribution is 2.34. The first kappa shape index (κ1) is 13.4. The van der Waals surface area contributed by atoms with E-state index in [0.29, 0.717) is 28.0 Å². The summed E-state index contributed by atoms with van der Waals surface area (Å²) in [5.74, 6) is 0.528. The molecule has 0 spiro atoms. The van der Waals surface area contributed by atoms with Crippen LogP contribution in [0.25, 0.3) is 0 Å². The summed E-state index contributed by atoms with van der Waals surface area (Å²) in [5.41, 5.74) is -0.134. The molecule has 0 amide bonds. The second-order valence-electron chi connectivity index (χ2n) is 4.13. The van der Waals surface area contributed by atoms with Crippen molar-refractivity contribution in [1.82, 2.24) is 0 Å². The van der Waals surface area contributed by atoms with E-state index in [-0.39, 0.29) is 0 Å². The minimum Gasteiger partial charge on any atom is -0.495 e. The molecule has 0 saturated carbocycles. The standard InChI is InChI=1S/C11H15Cl2NO2/c1-11(2,15)6-14-9-4-8(13)10(16-3)5-7(9)12/h4-5,14-15H,6H2,1-3H3. The van der Waals surface area contributed by atoms with Crippen molar-refractivity contribution >= 4 is 28.9 Å². The van der Waals surface area contributed by atoms with Crippen molar-refractivity contribution in [3.05, 3.63) is 22.2 Å². The number of rotatable bonds is 4. The molecule has 0 saturated heterocycles. The maximum atomic E-state index is 9.58. The van der Waals surface area contributed by atoms with Gasteiger partial charge in [-0.2, -0.15) is 0 Å². The van der Waals surface area contributed by atoms with Crippen LogP contribution in [0.5, 0.6) is 5.75 Å². The third-order valence-electron chi connectivity index (χ3n) is 1.95. The molecule has 1 aromatic carbocycles. The number of hydrogen-bond acceptors (Lipinski definition) is 3. The fourth-order valence-corrected chi connectivity index (χ4v) is 1.59. The average molecular weight is 264 g/mol. The maximum Gasteiger partial charge on any atom is 0.139 e. The SMILES string of the molecule is COc1cc(Cl)c(NCC(C)(C)O)cc1Cl. The molecule has 0 fully saturated rings. The van der Waals surface area contributed by atoms with E-state index in [4.69, 9.17) is 27.9 Å². The van der Waals surface area contributed by atoms with Gasteiger partial charge in [0.25, 0.3) is 0 Å². The predicted molar refractivity (Wildman–Crippen MR) is 67.8 cm³/mol. The van der Waals surface area contributed by atoms with Crippen LogP contribution in [0.15, 0.2) is 12.1 Å². The van der Waals surface area contributed by atoms with Crippen LogP contribution in [0.3, 0.4) is 0 Å². The predicted octanol–water partition coefficient (Wildman–Crippen LogP) is 3.18. The van der Waals surface area contributed by atoms with Gasteiger partial charge in [0, 0.05) is 12.6 Å². The fraction of sp³-hybridized carbons (Fsp3) is 0.455. The van der Waals surface area contributed by atoms with Crippen LogP contribution in [0.4, 0.5) is 5.69 Å². The number of hydrogen-bond donors (Lipinski definition) is 2. The third-order valence-corrected chi connectivity index (χ3v) is 2.56. The van der Waals surface area contributed by atoms with Crippen molar-refractivity contribution < 1.29 is 9.84 Å². The molecule has 1 rings (SSSR count). The zero-order chi connectivity index (χ0) is 12.3. The smallest absolute Gasteiger partial charge is 0.139 e. The Morgan fingerprint density at radius 2 is 1.94 bits per heavy atom. The molecule has 3 nitrogen and oxygen atoms in total. The van der Waals surface area contributed by atoms with E-state index in [2.05, 4.69) is 5.32 Å². The first-order valence-corrected chi connectivity index (χ1v) is 5.58. The summed E-state index contributed by atoms with van der Waals surface area (Å²) in [7, 11) is 1.53. The van der Waals surface area contributed by atoms with Crippen molar-refractivity contribution in [2.75, 3.05) is 19.0 Å². The molecule has 0 atom stereocenters. The summed E-state index contributed by atoms with van der Waals surface area (Å²) >= 11 is 12.0. The number of halogens is 2. The first-order chi connectivity index (χ1) is 7.33. The van der Waals surface area contributed by atoms with Crippen molar-refractivity contribution in [2.24, 2.45) is 0 Å². The number of methoxy groups -OCH3 is 1. The highest BCUT2D eigenvalue weighted by molar-refractivity contribution is 6.36. The molecule has 0 bridgehead atoms. The Labute approximate surface area is 105 Å². The lowest BCUT2D eigenvalue weighted by Crippen LogP contribution is -2.29. The van der Waals surface area contributed by atoms with E-state index in [1.54, 1.807) is 26.0 Å². The van der Waals surface area contributed by atoms with Gasteiger partial charge in [-0.15, -0.1) is 0 Å². The van der Waals surface area contributed by atoms with E-state index in [1.807, 2.05) is 0 Å². The molecule has 1 aromatic rings. The van der Waals surface area contributed by atoms with Gasteiger partial charge in [0.05, 0.1) is 28.4 Å². The Bertz CT molecular complexity index is 375. The van der Waals surface area contributed by atoms with Crippen LogP contribution in [0.2, 0.25) is 10.0 Å². The largest absolute Gasteiger partial charge is 0.495 e. The zero-order valence-corrected chi connectivity index (χ0v) is 11.0. The Kier molecular flexibility index (Phi) is 4.30. The molecule has 2 N–H and O–H groups in total. The van der Waals surface area contributed by atoms with Crippen LogP contribution in [0, 0.1) is 0 Å².